The quantitative estimate of drug-likeness (QED) is 0.812. The molecule has 0 radical (unpaired) electrons. The molecule has 1 amide bonds. The molecule has 0 bridgehead atoms. The van der Waals surface area contributed by atoms with Crippen molar-refractivity contribution >= 4 is 46.6 Å². The molecule has 3 N–H and O–H groups in total. The molecule has 0 saturated carbocycles. The van der Waals surface area contributed by atoms with Crippen molar-refractivity contribution in [3.8, 4) is 0 Å². The van der Waals surface area contributed by atoms with E-state index in [9.17, 15) is 4.79 Å². The lowest BCUT2D eigenvalue weighted by molar-refractivity contribution is -0.113. The van der Waals surface area contributed by atoms with E-state index >= 15 is 0 Å². The van der Waals surface area contributed by atoms with Gasteiger partial charge in [-0.05, 0) is 12.1 Å². The lowest BCUT2D eigenvalue weighted by Crippen LogP contribution is -2.15. The molecule has 6 nitrogen and oxygen atoms in total. The Balaban J connectivity index is 1.96. The summed E-state index contributed by atoms with van der Waals surface area (Å²) in [6.07, 6.45) is 0. The number of nitrogens with one attached hydrogen (secondary N) is 1. The van der Waals surface area contributed by atoms with Crippen molar-refractivity contribution < 1.29 is 4.79 Å². The van der Waals surface area contributed by atoms with E-state index in [0.29, 0.717) is 33.3 Å². The summed E-state index contributed by atoms with van der Waals surface area (Å²) < 4.78 is 1.75. The molecular weight excluding hydrogens is 333 g/mol. The summed E-state index contributed by atoms with van der Waals surface area (Å²) in [6.45, 7) is 0.300. The van der Waals surface area contributed by atoms with Crippen LogP contribution in [0.4, 0.5) is 5.69 Å². The maximum Gasteiger partial charge on any atom is 0.234 e. The van der Waals surface area contributed by atoms with Gasteiger partial charge in [0, 0.05) is 7.05 Å². The Bertz CT molecular complexity index is 661. The zero-order chi connectivity index (χ0) is 15.4. The van der Waals surface area contributed by atoms with Gasteiger partial charge in [-0.15, -0.1) is 10.2 Å². The Morgan fingerprint density at radius 2 is 2.19 bits per heavy atom. The monoisotopic (exact) mass is 345 g/mol. The second-order valence-electron chi connectivity index (χ2n) is 4.10. The van der Waals surface area contributed by atoms with Crippen LogP contribution in [0.25, 0.3) is 0 Å². The minimum atomic E-state index is -0.207. The molecule has 0 aliphatic rings. The molecule has 112 valence electrons. The minimum Gasteiger partial charge on any atom is -0.324 e. The number of nitrogens with two attached hydrogens (primary N) is 1. The molecule has 0 atom stereocenters. The fourth-order valence-electron chi connectivity index (χ4n) is 1.57. The lowest BCUT2D eigenvalue weighted by Gasteiger charge is -2.07. The average Bonchev–Trinajstić information content (AvgIpc) is 2.82. The zero-order valence-corrected chi connectivity index (χ0v) is 13.5. The van der Waals surface area contributed by atoms with Crippen molar-refractivity contribution in [1.82, 2.24) is 14.8 Å². The first-order valence-corrected chi connectivity index (χ1v) is 7.72. The van der Waals surface area contributed by atoms with Crippen molar-refractivity contribution in [3.05, 3.63) is 34.1 Å². The molecule has 0 aliphatic carbocycles. The van der Waals surface area contributed by atoms with Crippen LogP contribution in [0.2, 0.25) is 10.0 Å². The summed E-state index contributed by atoms with van der Waals surface area (Å²) in [5, 5.41) is 11.9. The van der Waals surface area contributed by atoms with Gasteiger partial charge in [0.2, 0.25) is 5.91 Å². The smallest absolute Gasteiger partial charge is 0.234 e. The highest BCUT2D eigenvalue weighted by Gasteiger charge is 2.12. The molecule has 1 heterocycles. The van der Waals surface area contributed by atoms with Crippen molar-refractivity contribution in [2.24, 2.45) is 12.8 Å². The largest absolute Gasteiger partial charge is 0.324 e. The van der Waals surface area contributed by atoms with Crippen LogP contribution in [0.1, 0.15) is 5.82 Å². The average molecular weight is 346 g/mol. The van der Waals surface area contributed by atoms with E-state index in [1.165, 1.54) is 11.8 Å². The van der Waals surface area contributed by atoms with Crippen LogP contribution >= 0.6 is 35.0 Å². The normalized spacial score (nSPS) is 10.7. The second kappa shape index (κ2) is 7.13. The van der Waals surface area contributed by atoms with Crippen LogP contribution in [-0.4, -0.2) is 26.4 Å². The molecule has 1 aromatic heterocycles. The molecule has 1 aromatic carbocycles. The van der Waals surface area contributed by atoms with Crippen LogP contribution in [0.15, 0.2) is 23.4 Å². The Labute approximate surface area is 136 Å². The van der Waals surface area contributed by atoms with Gasteiger partial charge in [0.05, 0.1) is 28.0 Å². The summed E-state index contributed by atoms with van der Waals surface area (Å²) in [4.78, 5) is 11.9. The highest BCUT2D eigenvalue weighted by Crippen LogP contribution is 2.29. The Morgan fingerprint density at radius 1 is 1.43 bits per heavy atom. The number of hydrogen-bond donors (Lipinski definition) is 2. The molecule has 2 aromatic rings. The summed E-state index contributed by atoms with van der Waals surface area (Å²) in [5.41, 5.74) is 6.00. The number of anilines is 1. The molecule has 0 fully saturated rings. The predicted molar refractivity (Wildman–Crippen MR) is 84.7 cm³/mol. The van der Waals surface area contributed by atoms with Crippen molar-refractivity contribution in [3.63, 3.8) is 0 Å². The van der Waals surface area contributed by atoms with Crippen molar-refractivity contribution in [2.45, 2.75) is 11.7 Å². The van der Waals surface area contributed by atoms with Crippen LogP contribution in [-0.2, 0) is 18.4 Å². The van der Waals surface area contributed by atoms with E-state index in [2.05, 4.69) is 15.5 Å². The number of carbonyl (C=O) groups excluding carboxylic acids is 1. The van der Waals surface area contributed by atoms with Gasteiger partial charge in [-0.25, -0.2) is 0 Å². The number of carbonyl (C=O) groups is 1. The van der Waals surface area contributed by atoms with E-state index in [1.54, 1.807) is 29.8 Å². The van der Waals surface area contributed by atoms with Gasteiger partial charge in [0.25, 0.3) is 0 Å². The zero-order valence-electron chi connectivity index (χ0n) is 11.1. The van der Waals surface area contributed by atoms with Crippen molar-refractivity contribution in [1.29, 1.82) is 0 Å². The number of benzene rings is 1. The van der Waals surface area contributed by atoms with Crippen LogP contribution in [0.3, 0.4) is 0 Å². The highest BCUT2D eigenvalue weighted by molar-refractivity contribution is 7.99. The molecule has 2 rings (SSSR count). The van der Waals surface area contributed by atoms with E-state index in [-0.39, 0.29) is 11.7 Å². The highest BCUT2D eigenvalue weighted by atomic mass is 35.5. The fourth-order valence-corrected chi connectivity index (χ4v) is 2.64. The molecule has 0 aliphatic heterocycles. The third kappa shape index (κ3) is 3.88. The SMILES string of the molecule is Cn1c(CN)nnc1SCC(=O)Nc1cccc(Cl)c1Cl. The number of rotatable bonds is 5. The third-order valence-electron chi connectivity index (χ3n) is 2.67. The Hall–Kier alpha value is -1.28. The molecule has 9 heteroatoms. The van der Waals surface area contributed by atoms with Crippen LogP contribution in [0.5, 0.6) is 0 Å². The van der Waals surface area contributed by atoms with Gasteiger partial charge >= 0.3 is 0 Å². The first-order chi connectivity index (χ1) is 10.0. The summed E-state index contributed by atoms with van der Waals surface area (Å²) in [7, 11) is 1.80. The second-order valence-corrected chi connectivity index (χ2v) is 5.83. The van der Waals surface area contributed by atoms with Gasteiger partial charge in [0.1, 0.15) is 5.82 Å². The predicted octanol–water partition coefficient (Wildman–Crippen LogP) is 2.31. The van der Waals surface area contributed by atoms with E-state index in [0.717, 1.165) is 0 Å². The van der Waals surface area contributed by atoms with Crippen LogP contribution in [0, 0.1) is 0 Å². The number of aromatic nitrogens is 3. The minimum absolute atomic E-state index is 0.180. The van der Waals surface area contributed by atoms with E-state index < -0.39 is 0 Å². The van der Waals surface area contributed by atoms with Gasteiger partial charge in [-0.3, -0.25) is 4.79 Å². The van der Waals surface area contributed by atoms with Crippen LogP contribution < -0.4 is 11.1 Å². The third-order valence-corrected chi connectivity index (χ3v) is 4.50. The van der Waals surface area contributed by atoms with Gasteiger partial charge in [-0.1, -0.05) is 41.0 Å². The van der Waals surface area contributed by atoms with Crippen molar-refractivity contribution in [2.75, 3.05) is 11.1 Å². The van der Waals surface area contributed by atoms with E-state index in [4.69, 9.17) is 28.9 Å². The van der Waals surface area contributed by atoms with Gasteiger partial charge in [0.15, 0.2) is 5.16 Å². The maximum absolute atomic E-state index is 11.9. The van der Waals surface area contributed by atoms with Gasteiger partial charge < -0.3 is 15.6 Å². The number of thioether (sulfide) groups is 1. The Kier molecular flexibility index (Phi) is 5.46. The lowest BCUT2D eigenvalue weighted by atomic mass is 10.3. The fraction of sp³-hybridized carbons (Fsp3) is 0.250. The first-order valence-electron chi connectivity index (χ1n) is 5.98. The first kappa shape index (κ1) is 16.1. The number of amides is 1. The number of hydrogen-bond acceptors (Lipinski definition) is 5. The topological polar surface area (TPSA) is 85.8 Å². The summed E-state index contributed by atoms with van der Waals surface area (Å²) in [5.74, 6) is 0.636. The molecule has 0 spiro atoms. The summed E-state index contributed by atoms with van der Waals surface area (Å²) >= 11 is 13.2. The van der Waals surface area contributed by atoms with Gasteiger partial charge in [-0.2, -0.15) is 0 Å². The number of nitrogens with zero attached hydrogens (tertiary/aromatic N) is 3. The number of halogens is 2. The standard InChI is InChI=1S/C12H13Cl2N5OS/c1-19-9(5-15)17-18-12(19)21-6-10(20)16-8-4-2-3-7(13)11(8)14/h2-4H,5-6,15H2,1H3,(H,16,20). The molecule has 0 unspecified atom stereocenters. The molecular formula is C12H13Cl2N5OS. The van der Waals surface area contributed by atoms with E-state index in [1.807, 2.05) is 0 Å². The summed E-state index contributed by atoms with van der Waals surface area (Å²) in [6, 6.07) is 5.06. The Morgan fingerprint density at radius 3 is 2.86 bits per heavy atom. The molecule has 0 saturated heterocycles. The molecule has 21 heavy (non-hydrogen) atoms. The maximum atomic E-state index is 11.9.